The Kier molecular flexibility index (Phi) is 5.29. The first-order valence-corrected chi connectivity index (χ1v) is 8.23. The summed E-state index contributed by atoms with van der Waals surface area (Å²) in [6.07, 6.45) is 0. The smallest absolute Gasteiger partial charge is 0.269 e. The number of aliphatic imine (C=N–C) groups is 1. The van der Waals surface area contributed by atoms with Crippen molar-refractivity contribution >= 4 is 28.9 Å². The lowest BCUT2D eigenvalue weighted by atomic mass is 10.1. The SMILES string of the molecule is Cc1ccc(C(=Nc2ccc([N+](=O)[O-])cc2)Oc2cccc(Cl)c2)cc1. The zero-order valence-corrected chi connectivity index (χ0v) is 14.7. The Morgan fingerprint density at radius 2 is 1.73 bits per heavy atom. The number of nitro groups is 1. The third-order valence-electron chi connectivity index (χ3n) is 3.60. The number of nitro benzene ring substituents is 1. The molecule has 3 rings (SSSR count). The average molecular weight is 367 g/mol. The minimum absolute atomic E-state index is 0.0107. The summed E-state index contributed by atoms with van der Waals surface area (Å²) >= 11 is 6.02. The Labute approximate surface area is 155 Å². The monoisotopic (exact) mass is 366 g/mol. The van der Waals surface area contributed by atoms with Gasteiger partial charge in [-0.2, -0.15) is 0 Å². The predicted octanol–water partition coefficient (Wildman–Crippen LogP) is 5.71. The van der Waals surface area contributed by atoms with Gasteiger partial charge in [0.2, 0.25) is 5.90 Å². The molecular weight excluding hydrogens is 352 g/mol. The summed E-state index contributed by atoms with van der Waals surface area (Å²) in [6, 6.07) is 20.7. The van der Waals surface area contributed by atoms with Crippen LogP contribution in [0.25, 0.3) is 0 Å². The minimum Gasteiger partial charge on any atom is -0.438 e. The number of halogens is 1. The van der Waals surface area contributed by atoms with Crippen molar-refractivity contribution in [2.24, 2.45) is 4.99 Å². The van der Waals surface area contributed by atoms with Crippen LogP contribution < -0.4 is 4.74 Å². The number of benzene rings is 3. The van der Waals surface area contributed by atoms with Gasteiger partial charge in [-0.15, -0.1) is 0 Å². The van der Waals surface area contributed by atoms with Gasteiger partial charge in [-0.3, -0.25) is 10.1 Å². The molecule has 5 nitrogen and oxygen atoms in total. The molecule has 0 atom stereocenters. The molecule has 0 radical (unpaired) electrons. The average Bonchev–Trinajstić information content (AvgIpc) is 2.62. The van der Waals surface area contributed by atoms with Crippen molar-refractivity contribution in [3.8, 4) is 5.75 Å². The highest BCUT2D eigenvalue weighted by Gasteiger charge is 2.09. The van der Waals surface area contributed by atoms with Gasteiger partial charge in [0.25, 0.3) is 5.69 Å². The van der Waals surface area contributed by atoms with E-state index in [1.165, 1.54) is 12.1 Å². The lowest BCUT2D eigenvalue weighted by Gasteiger charge is -2.10. The zero-order valence-electron chi connectivity index (χ0n) is 13.9. The highest BCUT2D eigenvalue weighted by atomic mass is 35.5. The first kappa shape index (κ1) is 17.6. The van der Waals surface area contributed by atoms with Gasteiger partial charge in [0.15, 0.2) is 0 Å². The third-order valence-corrected chi connectivity index (χ3v) is 3.84. The van der Waals surface area contributed by atoms with Crippen molar-refractivity contribution in [3.05, 3.63) is 99.1 Å². The van der Waals surface area contributed by atoms with E-state index in [0.717, 1.165) is 11.1 Å². The topological polar surface area (TPSA) is 64.7 Å². The van der Waals surface area contributed by atoms with Gasteiger partial charge in [-0.25, -0.2) is 4.99 Å². The van der Waals surface area contributed by atoms with Crippen molar-refractivity contribution in [1.82, 2.24) is 0 Å². The number of ether oxygens (including phenoxy) is 1. The lowest BCUT2D eigenvalue weighted by Crippen LogP contribution is -2.10. The predicted molar refractivity (Wildman–Crippen MR) is 103 cm³/mol. The second kappa shape index (κ2) is 7.80. The van der Waals surface area contributed by atoms with Crippen molar-refractivity contribution in [3.63, 3.8) is 0 Å². The summed E-state index contributed by atoms with van der Waals surface area (Å²) in [5, 5.41) is 11.4. The van der Waals surface area contributed by atoms with E-state index in [-0.39, 0.29) is 5.69 Å². The molecule has 0 spiro atoms. The largest absolute Gasteiger partial charge is 0.438 e. The molecule has 3 aromatic rings. The molecule has 26 heavy (non-hydrogen) atoms. The molecule has 0 aliphatic rings. The Morgan fingerprint density at radius 3 is 2.35 bits per heavy atom. The van der Waals surface area contributed by atoms with E-state index < -0.39 is 4.92 Å². The molecule has 0 unspecified atom stereocenters. The molecular formula is C20H15ClN2O3. The van der Waals surface area contributed by atoms with E-state index in [1.807, 2.05) is 31.2 Å². The summed E-state index contributed by atoms with van der Waals surface area (Å²) in [6.45, 7) is 1.99. The maximum absolute atomic E-state index is 10.8. The Balaban J connectivity index is 1.98. The highest BCUT2D eigenvalue weighted by Crippen LogP contribution is 2.22. The number of rotatable bonds is 4. The van der Waals surface area contributed by atoms with E-state index in [9.17, 15) is 10.1 Å². The van der Waals surface area contributed by atoms with Gasteiger partial charge >= 0.3 is 0 Å². The molecule has 0 saturated heterocycles. The van der Waals surface area contributed by atoms with Crippen LogP contribution in [-0.2, 0) is 0 Å². The van der Waals surface area contributed by atoms with Gasteiger partial charge < -0.3 is 4.74 Å². The first-order chi connectivity index (χ1) is 12.5. The molecule has 0 N–H and O–H groups in total. The number of non-ortho nitro benzene ring substituents is 1. The second-order valence-corrected chi connectivity index (χ2v) is 6.05. The van der Waals surface area contributed by atoms with Crippen molar-refractivity contribution in [1.29, 1.82) is 0 Å². The van der Waals surface area contributed by atoms with E-state index in [0.29, 0.717) is 22.4 Å². The first-order valence-electron chi connectivity index (χ1n) is 7.85. The minimum atomic E-state index is -0.448. The normalized spacial score (nSPS) is 11.2. The molecule has 0 aliphatic heterocycles. The van der Waals surface area contributed by atoms with Crippen LogP contribution in [-0.4, -0.2) is 10.8 Å². The lowest BCUT2D eigenvalue weighted by molar-refractivity contribution is -0.384. The van der Waals surface area contributed by atoms with Crippen LogP contribution in [0.15, 0.2) is 77.8 Å². The van der Waals surface area contributed by atoms with Crippen LogP contribution in [0.1, 0.15) is 11.1 Å². The summed E-state index contributed by atoms with van der Waals surface area (Å²) < 4.78 is 5.93. The van der Waals surface area contributed by atoms with Crippen LogP contribution in [0.2, 0.25) is 5.02 Å². The van der Waals surface area contributed by atoms with E-state index in [2.05, 4.69) is 4.99 Å². The fourth-order valence-electron chi connectivity index (χ4n) is 2.25. The quantitative estimate of drug-likeness (QED) is 0.257. The summed E-state index contributed by atoms with van der Waals surface area (Å²) in [5.41, 5.74) is 2.46. The van der Waals surface area contributed by atoms with Crippen LogP contribution in [0.3, 0.4) is 0 Å². The van der Waals surface area contributed by atoms with Gasteiger partial charge in [-0.05, 0) is 49.4 Å². The van der Waals surface area contributed by atoms with Gasteiger partial charge in [0.05, 0.1) is 10.6 Å². The summed E-state index contributed by atoms with van der Waals surface area (Å²) in [5.74, 6) is 0.930. The van der Waals surface area contributed by atoms with Gasteiger partial charge in [-0.1, -0.05) is 35.4 Å². The zero-order chi connectivity index (χ0) is 18.5. The van der Waals surface area contributed by atoms with E-state index >= 15 is 0 Å². The van der Waals surface area contributed by atoms with Crippen LogP contribution in [0.4, 0.5) is 11.4 Å². The molecule has 0 saturated carbocycles. The maximum Gasteiger partial charge on any atom is 0.269 e. The summed E-state index contributed by atoms with van der Waals surface area (Å²) in [4.78, 5) is 14.9. The maximum atomic E-state index is 10.8. The Bertz CT molecular complexity index is 952. The molecule has 130 valence electrons. The molecule has 0 bridgehead atoms. The summed E-state index contributed by atoms with van der Waals surface area (Å²) in [7, 11) is 0. The van der Waals surface area contributed by atoms with Crippen LogP contribution >= 0.6 is 11.6 Å². The number of hydrogen-bond acceptors (Lipinski definition) is 4. The van der Waals surface area contributed by atoms with E-state index in [1.54, 1.807) is 36.4 Å². The standard InChI is InChI=1S/C20H15ClN2O3/c1-14-5-7-15(8-6-14)20(26-19-4-2-3-16(21)13-19)22-17-9-11-18(12-10-17)23(24)25/h2-13H,1H3. The van der Waals surface area contributed by atoms with Crippen LogP contribution in [0.5, 0.6) is 5.75 Å². The third kappa shape index (κ3) is 4.46. The fraction of sp³-hybridized carbons (Fsp3) is 0.0500. The molecule has 0 amide bonds. The van der Waals surface area contributed by atoms with E-state index in [4.69, 9.17) is 16.3 Å². The van der Waals surface area contributed by atoms with Gasteiger partial charge in [0.1, 0.15) is 5.75 Å². The van der Waals surface area contributed by atoms with Gasteiger partial charge in [0, 0.05) is 22.7 Å². The molecule has 0 heterocycles. The fourth-order valence-corrected chi connectivity index (χ4v) is 2.43. The number of aryl methyl sites for hydroxylation is 1. The van der Waals surface area contributed by atoms with Crippen molar-refractivity contribution in [2.75, 3.05) is 0 Å². The molecule has 0 aliphatic carbocycles. The molecule has 3 aromatic carbocycles. The highest BCUT2D eigenvalue weighted by molar-refractivity contribution is 6.30. The molecule has 6 heteroatoms. The molecule has 0 aromatic heterocycles. The Morgan fingerprint density at radius 1 is 1.04 bits per heavy atom. The van der Waals surface area contributed by atoms with Crippen molar-refractivity contribution < 1.29 is 9.66 Å². The molecule has 0 fully saturated rings. The number of nitrogens with zero attached hydrogens (tertiary/aromatic N) is 2. The Hall–Kier alpha value is -3.18. The van der Waals surface area contributed by atoms with Crippen LogP contribution in [0, 0.1) is 17.0 Å². The van der Waals surface area contributed by atoms with Crippen molar-refractivity contribution in [2.45, 2.75) is 6.92 Å². The number of hydrogen-bond donors (Lipinski definition) is 0. The second-order valence-electron chi connectivity index (χ2n) is 5.62.